The van der Waals surface area contributed by atoms with Crippen molar-refractivity contribution in [3.05, 3.63) is 28.9 Å². The highest BCUT2D eigenvalue weighted by atomic mass is 16.3. The van der Waals surface area contributed by atoms with Gasteiger partial charge in [0.25, 0.3) is 5.91 Å². The Hall–Kier alpha value is -1.49. The molecule has 0 unspecified atom stereocenters. The van der Waals surface area contributed by atoms with E-state index in [0.29, 0.717) is 0 Å². The number of carbonyl (C=O) groups is 1. The maximum atomic E-state index is 10.7. The van der Waals surface area contributed by atoms with E-state index in [2.05, 4.69) is 4.98 Å². The molecule has 0 bridgehead atoms. The summed E-state index contributed by atoms with van der Waals surface area (Å²) in [5, 5.41) is 8.38. The Kier molecular flexibility index (Phi) is 2.12. The van der Waals surface area contributed by atoms with Gasteiger partial charge in [-0.2, -0.15) is 0 Å². The van der Waals surface area contributed by atoms with Crippen molar-refractivity contribution in [2.24, 2.45) is 0 Å². The van der Waals surface area contributed by atoms with Gasteiger partial charge in [-0.3, -0.25) is 4.79 Å². The minimum Gasteiger partial charge on any atom is -0.387 e. The highest BCUT2D eigenvalue weighted by molar-refractivity contribution is 5.79. The first kappa shape index (κ1) is 7.62. The van der Waals surface area contributed by atoms with Crippen molar-refractivity contribution < 1.29 is 9.90 Å². The van der Waals surface area contributed by atoms with Crippen LogP contribution in [-0.4, -0.2) is 27.2 Å². The lowest BCUT2D eigenvalue weighted by Crippen LogP contribution is -2.29. The minimum atomic E-state index is -0.689. The second-order valence-corrected chi connectivity index (χ2v) is 1.82. The first-order valence-corrected chi connectivity index (χ1v) is 2.93. The van der Waals surface area contributed by atoms with Gasteiger partial charge in [-0.1, -0.05) is 0 Å². The molecule has 11 heavy (non-hydrogen) atoms. The van der Waals surface area contributed by atoms with E-state index in [1.54, 1.807) is 0 Å². The Morgan fingerprint density at radius 2 is 2.45 bits per heavy atom. The number of carbonyl (C=O) groups excluding carboxylic acids is 1. The van der Waals surface area contributed by atoms with Gasteiger partial charge in [0.05, 0.1) is 0 Å². The summed E-state index contributed by atoms with van der Waals surface area (Å²) in [7, 11) is 0. The standard InChI is InChI=1S/C6H6N2O3/c9-4-5(10)8-3-1-2-7-6(8)11/h1-3,9H,4H2. The Morgan fingerprint density at radius 1 is 1.73 bits per heavy atom. The van der Waals surface area contributed by atoms with Crippen molar-refractivity contribution in [3.63, 3.8) is 0 Å². The van der Waals surface area contributed by atoms with Crippen LogP contribution in [0.5, 0.6) is 0 Å². The van der Waals surface area contributed by atoms with Crippen LogP contribution < -0.4 is 5.69 Å². The molecule has 0 atom stereocenters. The summed E-state index contributed by atoms with van der Waals surface area (Å²) in [5.74, 6) is -0.678. The molecule has 5 nitrogen and oxygen atoms in total. The third-order valence-corrected chi connectivity index (χ3v) is 1.12. The molecule has 5 heteroatoms. The first-order chi connectivity index (χ1) is 5.25. The van der Waals surface area contributed by atoms with Gasteiger partial charge in [0.2, 0.25) is 0 Å². The third-order valence-electron chi connectivity index (χ3n) is 1.12. The Bertz CT molecular complexity index is 318. The lowest BCUT2D eigenvalue weighted by atomic mass is 10.6. The van der Waals surface area contributed by atoms with Crippen molar-refractivity contribution >= 4 is 5.91 Å². The van der Waals surface area contributed by atoms with E-state index >= 15 is 0 Å². The highest BCUT2D eigenvalue weighted by Crippen LogP contribution is 1.77. The van der Waals surface area contributed by atoms with Crippen LogP contribution in [0, 0.1) is 0 Å². The molecule has 0 aliphatic heterocycles. The number of nitrogens with zero attached hydrogens (tertiary/aromatic N) is 2. The van der Waals surface area contributed by atoms with Crippen LogP contribution in [0.4, 0.5) is 0 Å². The summed E-state index contributed by atoms with van der Waals surface area (Å²) in [5.41, 5.74) is -0.674. The predicted molar refractivity (Wildman–Crippen MR) is 36.2 cm³/mol. The SMILES string of the molecule is O=C(CO)n1cccnc1=O. The Labute approximate surface area is 61.9 Å². The number of hydrogen-bond acceptors (Lipinski definition) is 4. The van der Waals surface area contributed by atoms with Gasteiger partial charge in [-0.25, -0.2) is 14.3 Å². The van der Waals surface area contributed by atoms with Gasteiger partial charge < -0.3 is 5.11 Å². The van der Waals surface area contributed by atoms with E-state index in [9.17, 15) is 9.59 Å². The lowest BCUT2D eigenvalue weighted by molar-refractivity contribution is 0.0812. The van der Waals surface area contributed by atoms with Crippen LogP contribution in [0.2, 0.25) is 0 Å². The average Bonchev–Trinajstić information content (AvgIpc) is 2.04. The third kappa shape index (κ3) is 1.50. The molecular formula is C6H6N2O3. The van der Waals surface area contributed by atoms with E-state index in [1.165, 1.54) is 18.5 Å². The molecule has 1 rings (SSSR count). The molecule has 0 fully saturated rings. The Balaban J connectivity index is 3.14. The second-order valence-electron chi connectivity index (χ2n) is 1.82. The Morgan fingerprint density at radius 3 is 3.00 bits per heavy atom. The van der Waals surface area contributed by atoms with Gasteiger partial charge in [-0.05, 0) is 6.07 Å². The monoisotopic (exact) mass is 154 g/mol. The summed E-state index contributed by atoms with van der Waals surface area (Å²) < 4.78 is 0.750. The number of hydrogen-bond donors (Lipinski definition) is 1. The summed E-state index contributed by atoms with van der Waals surface area (Å²) >= 11 is 0. The van der Waals surface area contributed by atoms with Crippen molar-refractivity contribution in [3.8, 4) is 0 Å². The van der Waals surface area contributed by atoms with Gasteiger partial charge in [0.15, 0.2) is 0 Å². The maximum absolute atomic E-state index is 10.7. The van der Waals surface area contributed by atoms with Crippen molar-refractivity contribution in [1.29, 1.82) is 0 Å². The quantitative estimate of drug-likeness (QED) is 0.555. The molecule has 1 aromatic heterocycles. The number of rotatable bonds is 1. The molecule has 0 amide bonds. The molecule has 1 heterocycles. The molecule has 0 aliphatic carbocycles. The predicted octanol–water partition coefficient (Wildman–Crippen LogP) is -1.12. The molecular weight excluding hydrogens is 148 g/mol. The summed E-state index contributed by atoms with van der Waals surface area (Å²) in [6.45, 7) is -0.689. The summed E-state index contributed by atoms with van der Waals surface area (Å²) in [6.07, 6.45) is 2.54. The van der Waals surface area contributed by atoms with Gasteiger partial charge >= 0.3 is 5.69 Å². The van der Waals surface area contributed by atoms with Gasteiger partial charge in [-0.15, -0.1) is 0 Å². The topological polar surface area (TPSA) is 72.2 Å². The molecule has 0 saturated heterocycles. The summed E-state index contributed by atoms with van der Waals surface area (Å²) in [6, 6.07) is 1.44. The fourth-order valence-electron chi connectivity index (χ4n) is 0.623. The normalized spacial score (nSPS) is 9.55. The zero-order valence-electron chi connectivity index (χ0n) is 5.60. The van der Waals surface area contributed by atoms with E-state index < -0.39 is 18.2 Å². The summed E-state index contributed by atoms with van der Waals surface area (Å²) in [4.78, 5) is 24.8. The number of aromatic nitrogens is 2. The molecule has 1 aromatic rings. The lowest BCUT2D eigenvalue weighted by Gasteiger charge is -1.96. The maximum Gasteiger partial charge on any atom is 0.354 e. The van der Waals surface area contributed by atoms with Crippen LogP contribution in [0.3, 0.4) is 0 Å². The van der Waals surface area contributed by atoms with Crippen molar-refractivity contribution in [2.75, 3.05) is 6.61 Å². The van der Waals surface area contributed by atoms with Gasteiger partial charge in [0.1, 0.15) is 6.61 Å². The number of aliphatic hydroxyl groups is 1. The van der Waals surface area contributed by atoms with Crippen LogP contribution in [0.1, 0.15) is 4.79 Å². The van der Waals surface area contributed by atoms with E-state index in [-0.39, 0.29) is 0 Å². The fourth-order valence-corrected chi connectivity index (χ4v) is 0.623. The molecule has 1 N–H and O–H groups in total. The molecule has 0 saturated carbocycles. The zero-order chi connectivity index (χ0) is 8.27. The van der Waals surface area contributed by atoms with Crippen molar-refractivity contribution in [1.82, 2.24) is 9.55 Å². The van der Waals surface area contributed by atoms with E-state index in [4.69, 9.17) is 5.11 Å². The van der Waals surface area contributed by atoms with Crippen LogP contribution >= 0.6 is 0 Å². The van der Waals surface area contributed by atoms with Crippen LogP contribution in [-0.2, 0) is 0 Å². The van der Waals surface area contributed by atoms with Crippen molar-refractivity contribution in [2.45, 2.75) is 0 Å². The van der Waals surface area contributed by atoms with Crippen LogP contribution in [0.25, 0.3) is 0 Å². The largest absolute Gasteiger partial charge is 0.387 e. The minimum absolute atomic E-state index is 0.674. The zero-order valence-corrected chi connectivity index (χ0v) is 5.60. The number of aliphatic hydroxyl groups excluding tert-OH is 1. The molecule has 58 valence electrons. The fraction of sp³-hybridized carbons (Fsp3) is 0.167. The van der Waals surface area contributed by atoms with Crippen LogP contribution in [0.15, 0.2) is 23.3 Å². The van der Waals surface area contributed by atoms with E-state index in [1.807, 2.05) is 0 Å². The van der Waals surface area contributed by atoms with Gasteiger partial charge in [0, 0.05) is 12.4 Å². The smallest absolute Gasteiger partial charge is 0.354 e. The molecule has 0 aliphatic rings. The molecule has 0 spiro atoms. The average molecular weight is 154 g/mol. The van der Waals surface area contributed by atoms with E-state index in [0.717, 1.165) is 4.57 Å². The molecule has 0 aromatic carbocycles. The first-order valence-electron chi connectivity index (χ1n) is 2.93. The molecule has 0 radical (unpaired) electrons. The highest BCUT2D eigenvalue weighted by Gasteiger charge is 2.02. The second kappa shape index (κ2) is 3.07.